The quantitative estimate of drug-likeness (QED) is 0.802. The molecule has 0 aromatic heterocycles. The maximum atomic E-state index is 10.8. The highest BCUT2D eigenvalue weighted by Gasteiger charge is 2.16. The van der Waals surface area contributed by atoms with Crippen molar-refractivity contribution in [1.29, 1.82) is 0 Å². The molecule has 0 bridgehead atoms. The van der Waals surface area contributed by atoms with Gasteiger partial charge in [0.1, 0.15) is 0 Å². The van der Waals surface area contributed by atoms with Crippen LogP contribution in [0.15, 0.2) is 18.2 Å². The summed E-state index contributed by atoms with van der Waals surface area (Å²) in [6.07, 6.45) is 0.123. The Balaban J connectivity index is 3.00. The molecule has 0 saturated carbocycles. The van der Waals surface area contributed by atoms with Crippen molar-refractivity contribution in [1.82, 2.24) is 5.32 Å². The maximum Gasteiger partial charge on any atom is 0.305 e. The first-order valence-electron chi connectivity index (χ1n) is 5.57. The lowest BCUT2D eigenvalue weighted by Gasteiger charge is -2.19. The van der Waals surface area contributed by atoms with Crippen molar-refractivity contribution in [3.8, 4) is 0 Å². The summed E-state index contributed by atoms with van der Waals surface area (Å²) in [6.45, 7) is 6.84. The number of nitrogens with one attached hydrogen (secondary N) is 1. The number of carboxylic acid groups (broad SMARTS) is 1. The first-order valence-corrected chi connectivity index (χ1v) is 5.57. The minimum atomic E-state index is -0.771. The number of hydrogen-bond donors (Lipinski definition) is 2. The Morgan fingerprint density at radius 1 is 1.44 bits per heavy atom. The number of carboxylic acids is 1. The first kappa shape index (κ1) is 12.7. The number of rotatable bonds is 5. The van der Waals surface area contributed by atoms with E-state index in [0.29, 0.717) is 0 Å². The van der Waals surface area contributed by atoms with Crippen molar-refractivity contribution < 1.29 is 9.90 Å². The van der Waals surface area contributed by atoms with Gasteiger partial charge in [-0.15, -0.1) is 0 Å². The molecule has 0 heterocycles. The molecule has 1 aromatic carbocycles. The minimum absolute atomic E-state index is 0.0950. The summed E-state index contributed by atoms with van der Waals surface area (Å²) in [5.74, 6) is -0.771. The molecule has 0 fully saturated rings. The van der Waals surface area contributed by atoms with Crippen LogP contribution >= 0.6 is 0 Å². The number of benzene rings is 1. The second-order valence-electron chi connectivity index (χ2n) is 4.00. The SMILES string of the molecule is CCNC(CC(=O)O)c1cccc(C)c1C. The van der Waals surface area contributed by atoms with E-state index in [-0.39, 0.29) is 12.5 Å². The molecular formula is C13H19NO2. The Hall–Kier alpha value is -1.35. The zero-order valence-electron chi connectivity index (χ0n) is 10.1. The zero-order chi connectivity index (χ0) is 12.1. The summed E-state index contributed by atoms with van der Waals surface area (Å²) in [4.78, 5) is 10.8. The standard InChI is InChI=1S/C13H19NO2/c1-4-14-12(8-13(15)16)11-7-5-6-9(2)10(11)3/h5-7,12,14H,4,8H2,1-3H3,(H,15,16). The smallest absolute Gasteiger partial charge is 0.305 e. The van der Waals surface area contributed by atoms with Crippen LogP contribution < -0.4 is 5.32 Å². The molecule has 1 aromatic rings. The number of hydrogen-bond acceptors (Lipinski definition) is 2. The van der Waals surface area contributed by atoms with E-state index in [1.54, 1.807) is 0 Å². The normalized spacial score (nSPS) is 12.4. The lowest BCUT2D eigenvalue weighted by molar-refractivity contribution is -0.137. The highest BCUT2D eigenvalue weighted by Crippen LogP contribution is 2.22. The van der Waals surface area contributed by atoms with Crippen molar-refractivity contribution in [3.05, 3.63) is 34.9 Å². The van der Waals surface area contributed by atoms with Crippen molar-refractivity contribution >= 4 is 5.97 Å². The summed E-state index contributed by atoms with van der Waals surface area (Å²) < 4.78 is 0. The highest BCUT2D eigenvalue weighted by molar-refractivity contribution is 5.68. The minimum Gasteiger partial charge on any atom is -0.481 e. The van der Waals surface area contributed by atoms with Gasteiger partial charge >= 0.3 is 5.97 Å². The second kappa shape index (κ2) is 5.66. The fourth-order valence-electron chi connectivity index (χ4n) is 1.86. The van der Waals surface area contributed by atoms with E-state index in [0.717, 1.165) is 12.1 Å². The van der Waals surface area contributed by atoms with Crippen molar-refractivity contribution in [2.75, 3.05) is 6.54 Å². The number of aliphatic carboxylic acids is 1. The van der Waals surface area contributed by atoms with Gasteiger partial charge in [-0.25, -0.2) is 0 Å². The zero-order valence-corrected chi connectivity index (χ0v) is 10.1. The average molecular weight is 221 g/mol. The molecule has 0 radical (unpaired) electrons. The van der Waals surface area contributed by atoms with Gasteiger partial charge in [-0.05, 0) is 37.1 Å². The van der Waals surface area contributed by atoms with Gasteiger partial charge in [0, 0.05) is 6.04 Å². The number of aryl methyl sites for hydroxylation is 1. The predicted molar refractivity (Wildman–Crippen MR) is 64.6 cm³/mol. The Labute approximate surface area is 96.5 Å². The van der Waals surface area contributed by atoms with Gasteiger partial charge in [0.05, 0.1) is 6.42 Å². The van der Waals surface area contributed by atoms with Crippen LogP contribution in [0, 0.1) is 13.8 Å². The Morgan fingerprint density at radius 3 is 2.69 bits per heavy atom. The Bertz CT molecular complexity index is 374. The van der Waals surface area contributed by atoms with Crippen molar-refractivity contribution in [3.63, 3.8) is 0 Å². The third-order valence-corrected chi connectivity index (χ3v) is 2.85. The molecule has 0 aliphatic carbocycles. The summed E-state index contributed by atoms with van der Waals surface area (Å²) in [6, 6.07) is 5.92. The lowest BCUT2D eigenvalue weighted by atomic mass is 9.95. The Morgan fingerprint density at radius 2 is 2.12 bits per heavy atom. The molecule has 1 unspecified atom stereocenters. The average Bonchev–Trinajstić information content (AvgIpc) is 2.21. The molecule has 2 N–H and O–H groups in total. The van der Waals surface area contributed by atoms with Crippen LogP contribution in [0.25, 0.3) is 0 Å². The third kappa shape index (κ3) is 3.07. The summed E-state index contributed by atoms with van der Waals surface area (Å²) >= 11 is 0. The van der Waals surface area contributed by atoms with Crippen molar-refractivity contribution in [2.45, 2.75) is 33.2 Å². The molecule has 0 saturated heterocycles. The molecule has 3 nitrogen and oxygen atoms in total. The molecule has 0 aliphatic heterocycles. The number of carbonyl (C=O) groups is 1. The van der Waals surface area contributed by atoms with E-state index in [4.69, 9.17) is 5.11 Å². The van der Waals surface area contributed by atoms with Gasteiger partial charge in [0.25, 0.3) is 0 Å². The molecule has 88 valence electrons. The maximum absolute atomic E-state index is 10.8. The fraction of sp³-hybridized carbons (Fsp3) is 0.462. The fourth-order valence-corrected chi connectivity index (χ4v) is 1.86. The van der Waals surface area contributed by atoms with Crippen LogP contribution in [-0.2, 0) is 4.79 Å². The van der Waals surface area contributed by atoms with Gasteiger partial charge < -0.3 is 10.4 Å². The van der Waals surface area contributed by atoms with Gasteiger partial charge in [0.2, 0.25) is 0 Å². The van der Waals surface area contributed by atoms with Crippen LogP contribution in [0.5, 0.6) is 0 Å². The molecule has 1 rings (SSSR count). The van der Waals surface area contributed by atoms with Crippen LogP contribution in [0.4, 0.5) is 0 Å². The first-order chi connectivity index (χ1) is 7.56. The molecule has 16 heavy (non-hydrogen) atoms. The van der Waals surface area contributed by atoms with Gasteiger partial charge in [-0.1, -0.05) is 25.1 Å². The molecule has 0 spiro atoms. The predicted octanol–water partition coefficient (Wildman–Crippen LogP) is 2.43. The molecule has 0 aliphatic rings. The molecule has 0 amide bonds. The summed E-state index contributed by atoms with van der Waals surface area (Å²) in [5.41, 5.74) is 3.46. The van der Waals surface area contributed by atoms with E-state index in [1.807, 2.05) is 39.0 Å². The van der Waals surface area contributed by atoms with Crippen LogP contribution in [0.3, 0.4) is 0 Å². The van der Waals surface area contributed by atoms with Crippen LogP contribution in [0.2, 0.25) is 0 Å². The van der Waals surface area contributed by atoms with Gasteiger partial charge in [-0.3, -0.25) is 4.79 Å². The molecule has 1 atom stereocenters. The van der Waals surface area contributed by atoms with E-state index in [9.17, 15) is 4.79 Å². The van der Waals surface area contributed by atoms with E-state index < -0.39 is 5.97 Å². The van der Waals surface area contributed by atoms with Crippen molar-refractivity contribution in [2.24, 2.45) is 0 Å². The van der Waals surface area contributed by atoms with Gasteiger partial charge in [-0.2, -0.15) is 0 Å². The lowest BCUT2D eigenvalue weighted by Crippen LogP contribution is -2.24. The third-order valence-electron chi connectivity index (χ3n) is 2.85. The van der Waals surface area contributed by atoms with Gasteiger partial charge in [0.15, 0.2) is 0 Å². The summed E-state index contributed by atoms with van der Waals surface area (Å²) in [7, 11) is 0. The largest absolute Gasteiger partial charge is 0.481 e. The highest BCUT2D eigenvalue weighted by atomic mass is 16.4. The topological polar surface area (TPSA) is 49.3 Å². The molecular weight excluding hydrogens is 202 g/mol. The van der Waals surface area contributed by atoms with E-state index >= 15 is 0 Å². The summed E-state index contributed by atoms with van der Waals surface area (Å²) in [5, 5.41) is 12.1. The van der Waals surface area contributed by atoms with Crippen LogP contribution in [-0.4, -0.2) is 17.6 Å². The van der Waals surface area contributed by atoms with Crippen LogP contribution in [0.1, 0.15) is 36.1 Å². The Kier molecular flexibility index (Phi) is 4.50. The van der Waals surface area contributed by atoms with E-state index in [2.05, 4.69) is 5.32 Å². The second-order valence-corrected chi connectivity index (χ2v) is 4.00. The van der Waals surface area contributed by atoms with E-state index in [1.165, 1.54) is 11.1 Å². The monoisotopic (exact) mass is 221 g/mol. The molecule has 3 heteroatoms.